The van der Waals surface area contributed by atoms with Gasteiger partial charge in [0.1, 0.15) is 5.60 Å². The van der Waals surface area contributed by atoms with E-state index in [1.165, 1.54) is 0 Å². The molecule has 0 aromatic rings. The maximum atomic E-state index is 12.6. The Labute approximate surface area is 91.5 Å². The number of carbonyl (C=O) groups is 1. The zero-order chi connectivity index (χ0) is 12.6. The molecule has 0 aromatic heterocycles. The summed E-state index contributed by atoms with van der Waals surface area (Å²) in [5.41, 5.74) is -3.00. The van der Waals surface area contributed by atoms with E-state index in [9.17, 15) is 18.0 Å². The van der Waals surface area contributed by atoms with E-state index in [-0.39, 0.29) is 13.1 Å². The largest absolute Gasteiger partial charge is 0.444 e. The first-order valence-electron chi connectivity index (χ1n) is 4.84. The Balaban J connectivity index is 2.62. The fourth-order valence-electron chi connectivity index (χ4n) is 1.23. The van der Waals surface area contributed by atoms with Crippen LogP contribution in [-0.2, 0) is 4.74 Å². The number of carbonyl (C=O) groups excluding carboxylic acids is 1. The molecule has 1 heterocycles. The van der Waals surface area contributed by atoms with Crippen LogP contribution in [0, 0.1) is 0 Å². The highest BCUT2D eigenvalue weighted by atomic mass is 19.4. The third-order valence-electron chi connectivity index (χ3n) is 2.14. The van der Waals surface area contributed by atoms with Crippen molar-refractivity contribution in [2.75, 3.05) is 13.1 Å². The van der Waals surface area contributed by atoms with E-state index in [0.29, 0.717) is 0 Å². The molecule has 1 aliphatic rings. The summed E-state index contributed by atoms with van der Waals surface area (Å²) >= 11 is 0. The van der Waals surface area contributed by atoms with E-state index in [2.05, 4.69) is 5.32 Å². The van der Waals surface area contributed by atoms with Gasteiger partial charge in [0.25, 0.3) is 0 Å². The second-order valence-electron chi connectivity index (χ2n) is 4.81. The van der Waals surface area contributed by atoms with Gasteiger partial charge in [0.2, 0.25) is 0 Å². The molecule has 0 radical (unpaired) electrons. The molecular weight excluding hydrogens is 225 g/mol. The Morgan fingerprint density at radius 2 is 1.81 bits per heavy atom. The van der Waals surface area contributed by atoms with Crippen molar-refractivity contribution < 1.29 is 22.7 Å². The van der Waals surface area contributed by atoms with Gasteiger partial charge in [-0.2, -0.15) is 13.2 Å². The quantitative estimate of drug-likeness (QED) is 0.728. The van der Waals surface area contributed by atoms with Crippen molar-refractivity contribution in [1.82, 2.24) is 10.6 Å². The van der Waals surface area contributed by atoms with Gasteiger partial charge < -0.3 is 15.4 Å². The van der Waals surface area contributed by atoms with Gasteiger partial charge in [-0.15, -0.1) is 0 Å². The average Bonchev–Trinajstić information content (AvgIpc) is 1.90. The second-order valence-corrected chi connectivity index (χ2v) is 4.81. The molecule has 2 N–H and O–H groups in total. The first-order chi connectivity index (χ1) is 7.06. The fourth-order valence-corrected chi connectivity index (χ4v) is 1.23. The zero-order valence-corrected chi connectivity index (χ0v) is 9.36. The number of alkyl carbamates (subject to hydrolysis) is 1. The van der Waals surface area contributed by atoms with Crippen LogP contribution in [0.25, 0.3) is 0 Å². The summed E-state index contributed by atoms with van der Waals surface area (Å²) in [6.07, 6.45) is -5.53. The van der Waals surface area contributed by atoms with Gasteiger partial charge >= 0.3 is 12.3 Å². The van der Waals surface area contributed by atoms with Gasteiger partial charge in [0.15, 0.2) is 5.54 Å². The molecule has 1 saturated heterocycles. The lowest BCUT2D eigenvalue weighted by molar-refractivity contribution is -0.208. The third-order valence-corrected chi connectivity index (χ3v) is 2.14. The number of nitrogens with one attached hydrogen (secondary N) is 2. The van der Waals surface area contributed by atoms with E-state index in [0.717, 1.165) is 0 Å². The molecule has 1 rings (SSSR count). The van der Waals surface area contributed by atoms with E-state index in [4.69, 9.17) is 4.74 Å². The summed E-state index contributed by atoms with van der Waals surface area (Å²) in [5, 5.41) is 4.36. The molecule has 1 aliphatic heterocycles. The Morgan fingerprint density at radius 3 is 2.06 bits per heavy atom. The first-order valence-corrected chi connectivity index (χ1v) is 4.84. The highest BCUT2D eigenvalue weighted by Crippen LogP contribution is 2.33. The molecule has 0 atom stereocenters. The predicted octanol–water partition coefficient (Wildman–Crippen LogP) is 1.42. The lowest BCUT2D eigenvalue weighted by atomic mass is 9.92. The molecule has 0 spiro atoms. The highest BCUT2D eigenvalue weighted by Gasteiger charge is 2.60. The molecule has 0 bridgehead atoms. The summed E-state index contributed by atoms with van der Waals surface area (Å²) in [6, 6.07) is 0. The number of alkyl halides is 3. The van der Waals surface area contributed by atoms with Crippen LogP contribution in [0.5, 0.6) is 0 Å². The molecule has 7 heteroatoms. The van der Waals surface area contributed by atoms with Crippen LogP contribution in [0.3, 0.4) is 0 Å². The van der Waals surface area contributed by atoms with Crippen LogP contribution < -0.4 is 10.6 Å². The first kappa shape index (κ1) is 13.1. The SMILES string of the molecule is CC(C)(C)OC(=O)NC1(C(F)(F)F)CNC1. The van der Waals surface area contributed by atoms with Gasteiger partial charge in [-0.3, -0.25) is 0 Å². The molecule has 0 aromatic carbocycles. The molecule has 1 fully saturated rings. The molecule has 0 aliphatic carbocycles. The topological polar surface area (TPSA) is 50.4 Å². The summed E-state index contributed by atoms with van der Waals surface area (Å²) in [6.45, 7) is 4.12. The van der Waals surface area contributed by atoms with E-state index in [1.54, 1.807) is 20.8 Å². The Hall–Kier alpha value is -0.980. The van der Waals surface area contributed by atoms with Gasteiger partial charge in [-0.25, -0.2) is 4.79 Å². The van der Waals surface area contributed by atoms with Crippen molar-refractivity contribution in [3.8, 4) is 0 Å². The Morgan fingerprint density at radius 1 is 1.31 bits per heavy atom. The van der Waals surface area contributed by atoms with Crippen LogP contribution in [0.15, 0.2) is 0 Å². The minimum atomic E-state index is -4.48. The summed E-state index contributed by atoms with van der Waals surface area (Å²) in [7, 11) is 0. The molecular formula is C9H15F3N2O2. The molecule has 1 amide bonds. The number of hydrogen-bond donors (Lipinski definition) is 2. The number of ether oxygens (including phenoxy) is 1. The predicted molar refractivity (Wildman–Crippen MR) is 51.0 cm³/mol. The summed E-state index contributed by atoms with van der Waals surface area (Å²) < 4.78 is 42.7. The molecule has 16 heavy (non-hydrogen) atoms. The smallest absolute Gasteiger partial charge is 0.414 e. The monoisotopic (exact) mass is 240 g/mol. The molecule has 0 saturated carbocycles. The maximum absolute atomic E-state index is 12.6. The minimum absolute atomic E-state index is 0.324. The molecule has 0 unspecified atom stereocenters. The average molecular weight is 240 g/mol. The highest BCUT2D eigenvalue weighted by molar-refractivity contribution is 5.69. The van der Waals surface area contributed by atoms with Gasteiger partial charge in [-0.1, -0.05) is 0 Å². The van der Waals surface area contributed by atoms with Crippen molar-refractivity contribution in [3.63, 3.8) is 0 Å². The number of hydrogen-bond acceptors (Lipinski definition) is 3. The van der Waals surface area contributed by atoms with Crippen molar-refractivity contribution in [3.05, 3.63) is 0 Å². The summed E-state index contributed by atoms with van der Waals surface area (Å²) in [4.78, 5) is 11.3. The number of halogens is 3. The van der Waals surface area contributed by atoms with Crippen molar-refractivity contribution in [1.29, 1.82) is 0 Å². The Bertz CT molecular complexity index is 279. The lowest BCUT2D eigenvalue weighted by Gasteiger charge is -2.44. The van der Waals surface area contributed by atoms with Crippen LogP contribution >= 0.6 is 0 Å². The van der Waals surface area contributed by atoms with Gasteiger partial charge in [-0.05, 0) is 20.8 Å². The fraction of sp³-hybridized carbons (Fsp3) is 0.889. The second kappa shape index (κ2) is 3.80. The van der Waals surface area contributed by atoms with E-state index < -0.39 is 23.4 Å². The zero-order valence-electron chi connectivity index (χ0n) is 9.36. The van der Waals surface area contributed by atoms with Crippen LogP contribution in [0.1, 0.15) is 20.8 Å². The van der Waals surface area contributed by atoms with Gasteiger partial charge in [0.05, 0.1) is 0 Å². The van der Waals surface area contributed by atoms with E-state index in [1.807, 2.05) is 5.32 Å². The summed E-state index contributed by atoms with van der Waals surface area (Å²) in [5.74, 6) is 0. The maximum Gasteiger partial charge on any atom is 0.414 e. The molecule has 94 valence electrons. The normalized spacial score (nSPS) is 19.9. The standard InChI is InChI=1S/C9H15F3N2O2/c1-7(2,3)16-6(15)14-8(4-13-5-8)9(10,11)12/h13H,4-5H2,1-3H3,(H,14,15). The van der Waals surface area contributed by atoms with Crippen molar-refractivity contribution in [2.24, 2.45) is 0 Å². The van der Waals surface area contributed by atoms with Crippen LogP contribution in [0.2, 0.25) is 0 Å². The van der Waals surface area contributed by atoms with E-state index >= 15 is 0 Å². The minimum Gasteiger partial charge on any atom is -0.444 e. The number of rotatable bonds is 1. The Kier molecular flexibility index (Phi) is 3.11. The van der Waals surface area contributed by atoms with Crippen molar-refractivity contribution in [2.45, 2.75) is 38.1 Å². The number of amides is 1. The third kappa shape index (κ3) is 2.78. The van der Waals surface area contributed by atoms with Crippen LogP contribution in [-0.4, -0.2) is 36.5 Å². The van der Waals surface area contributed by atoms with Crippen LogP contribution in [0.4, 0.5) is 18.0 Å². The lowest BCUT2D eigenvalue weighted by Crippen LogP contribution is -2.76. The van der Waals surface area contributed by atoms with Gasteiger partial charge in [0, 0.05) is 13.1 Å². The molecule has 4 nitrogen and oxygen atoms in total. The van der Waals surface area contributed by atoms with Crippen molar-refractivity contribution >= 4 is 6.09 Å².